The molecule has 1 aliphatic rings. The summed E-state index contributed by atoms with van der Waals surface area (Å²) in [4.78, 5) is 0. The van der Waals surface area contributed by atoms with Crippen molar-refractivity contribution in [2.75, 3.05) is 12.4 Å². The van der Waals surface area contributed by atoms with Gasteiger partial charge in [-0.3, -0.25) is 0 Å². The molecule has 0 heterocycles. The van der Waals surface area contributed by atoms with Crippen LogP contribution in [0.1, 0.15) is 37.7 Å². The Labute approximate surface area is 120 Å². The molecule has 0 aliphatic heterocycles. The number of hydrogen-bond acceptors (Lipinski definition) is 1. The first-order chi connectivity index (χ1) is 8.74. The highest BCUT2D eigenvalue weighted by Crippen LogP contribution is 2.36. The second-order valence-corrected chi connectivity index (χ2v) is 6.13. The Balaban J connectivity index is 1.81. The summed E-state index contributed by atoms with van der Waals surface area (Å²) in [6.45, 7) is 1.93. The lowest BCUT2D eigenvalue weighted by molar-refractivity contribution is 0.212. The standard InChI is InChI=1S/C15H21Cl2N/c16-11-15(8-2-1-3-9-15)12-18-10-13-4-6-14(17)7-5-13/h4-7,18H,1-3,8-12H2. The minimum absolute atomic E-state index is 0.326. The summed E-state index contributed by atoms with van der Waals surface area (Å²) in [5.41, 5.74) is 1.60. The van der Waals surface area contributed by atoms with Gasteiger partial charge >= 0.3 is 0 Å². The number of hydrogen-bond donors (Lipinski definition) is 1. The summed E-state index contributed by atoms with van der Waals surface area (Å²) in [6, 6.07) is 8.03. The van der Waals surface area contributed by atoms with Crippen molar-refractivity contribution in [3.8, 4) is 0 Å². The fourth-order valence-electron chi connectivity index (χ4n) is 2.73. The minimum atomic E-state index is 0.326. The summed E-state index contributed by atoms with van der Waals surface area (Å²) < 4.78 is 0. The largest absolute Gasteiger partial charge is 0.312 e. The fourth-order valence-corrected chi connectivity index (χ4v) is 3.22. The molecule has 18 heavy (non-hydrogen) atoms. The Hall–Kier alpha value is -0.240. The molecule has 1 aromatic carbocycles. The van der Waals surface area contributed by atoms with E-state index in [9.17, 15) is 0 Å². The van der Waals surface area contributed by atoms with Crippen LogP contribution in [0.25, 0.3) is 0 Å². The third-order valence-corrected chi connectivity index (χ3v) is 4.76. The number of benzene rings is 1. The fraction of sp³-hybridized carbons (Fsp3) is 0.600. The molecule has 0 saturated heterocycles. The van der Waals surface area contributed by atoms with Crippen LogP contribution in [-0.2, 0) is 6.54 Å². The Kier molecular flexibility index (Phi) is 5.35. The zero-order valence-electron chi connectivity index (χ0n) is 10.7. The van der Waals surface area contributed by atoms with Gasteiger partial charge in [0.25, 0.3) is 0 Å². The van der Waals surface area contributed by atoms with E-state index in [-0.39, 0.29) is 0 Å². The van der Waals surface area contributed by atoms with Crippen molar-refractivity contribution in [1.82, 2.24) is 5.32 Å². The van der Waals surface area contributed by atoms with Gasteiger partial charge in [0, 0.05) is 24.0 Å². The van der Waals surface area contributed by atoms with Gasteiger partial charge in [0.05, 0.1) is 0 Å². The summed E-state index contributed by atoms with van der Waals surface area (Å²) in [5, 5.41) is 4.35. The van der Waals surface area contributed by atoms with E-state index < -0.39 is 0 Å². The van der Waals surface area contributed by atoms with Crippen LogP contribution >= 0.6 is 23.2 Å². The summed E-state index contributed by atoms with van der Waals surface area (Å²) in [5.74, 6) is 0.778. The topological polar surface area (TPSA) is 12.0 Å². The highest BCUT2D eigenvalue weighted by Gasteiger charge is 2.30. The molecule has 0 aromatic heterocycles. The van der Waals surface area contributed by atoms with Gasteiger partial charge in [0.15, 0.2) is 0 Å². The molecule has 0 bridgehead atoms. The number of rotatable bonds is 5. The molecule has 1 nitrogen and oxygen atoms in total. The quantitative estimate of drug-likeness (QED) is 0.779. The van der Waals surface area contributed by atoms with Gasteiger partial charge in [-0.15, -0.1) is 11.6 Å². The Morgan fingerprint density at radius 1 is 1.06 bits per heavy atom. The molecule has 1 aromatic rings. The minimum Gasteiger partial charge on any atom is -0.312 e. The van der Waals surface area contributed by atoms with Crippen molar-refractivity contribution in [2.24, 2.45) is 5.41 Å². The highest BCUT2D eigenvalue weighted by molar-refractivity contribution is 6.30. The van der Waals surface area contributed by atoms with Gasteiger partial charge in [0.2, 0.25) is 0 Å². The average molecular weight is 286 g/mol. The van der Waals surface area contributed by atoms with Crippen LogP contribution in [-0.4, -0.2) is 12.4 Å². The van der Waals surface area contributed by atoms with Crippen LogP contribution in [0.3, 0.4) is 0 Å². The molecule has 1 aliphatic carbocycles. The van der Waals surface area contributed by atoms with E-state index in [2.05, 4.69) is 17.4 Å². The van der Waals surface area contributed by atoms with Gasteiger partial charge in [-0.1, -0.05) is 43.0 Å². The first-order valence-electron chi connectivity index (χ1n) is 6.75. The van der Waals surface area contributed by atoms with E-state index in [4.69, 9.17) is 23.2 Å². The Morgan fingerprint density at radius 3 is 2.33 bits per heavy atom. The molecule has 0 radical (unpaired) electrons. The molecule has 0 amide bonds. The number of nitrogens with one attached hydrogen (secondary N) is 1. The maximum Gasteiger partial charge on any atom is 0.0406 e. The van der Waals surface area contributed by atoms with Gasteiger partial charge in [-0.25, -0.2) is 0 Å². The van der Waals surface area contributed by atoms with Gasteiger partial charge < -0.3 is 5.32 Å². The first-order valence-corrected chi connectivity index (χ1v) is 7.66. The molecule has 1 fully saturated rings. The summed E-state index contributed by atoms with van der Waals surface area (Å²) in [7, 11) is 0. The van der Waals surface area contributed by atoms with Crippen molar-refractivity contribution >= 4 is 23.2 Å². The number of alkyl halides is 1. The van der Waals surface area contributed by atoms with Crippen molar-refractivity contribution < 1.29 is 0 Å². The molecule has 100 valence electrons. The van der Waals surface area contributed by atoms with Crippen molar-refractivity contribution in [3.05, 3.63) is 34.9 Å². The van der Waals surface area contributed by atoms with Crippen LogP contribution in [0.15, 0.2) is 24.3 Å². The molecule has 1 saturated carbocycles. The number of halogens is 2. The molecule has 0 atom stereocenters. The Bertz CT molecular complexity index is 355. The average Bonchev–Trinajstić information content (AvgIpc) is 2.42. The normalized spacial score (nSPS) is 18.8. The SMILES string of the molecule is ClCC1(CNCc2ccc(Cl)cc2)CCCCC1. The third kappa shape index (κ3) is 3.88. The monoisotopic (exact) mass is 285 g/mol. The van der Waals surface area contributed by atoms with Crippen LogP contribution < -0.4 is 5.32 Å². The molecule has 1 N–H and O–H groups in total. The van der Waals surface area contributed by atoms with Gasteiger partial charge in [-0.05, 0) is 36.0 Å². The van der Waals surface area contributed by atoms with E-state index in [0.29, 0.717) is 5.41 Å². The van der Waals surface area contributed by atoms with Crippen molar-refractivity contribution in [2.45, 2.75) is 38.6 Å². The van der Waals surface area contributed by atoms with Crippen molar-refractivity contribution in [3.63, 3.8) is 0 Å². The van der Waals surface area contributed by atoms with E-state index in [1.54, 1.807) is 0 Å². The lowest BCUT2D eigenvalue weighted by Gasteiger charge is -2.35. The van der Waals surface area contributed by atoms with Crippen LogP contribution in [0.4, 0.5) is 0 Å². The van der Waals surface area contributed by atoms with Gasteiger partial charge in [-0.2, -0.15) is 0 Å². The second kappa shape index (κ2) is 6.79. The zero-order chi connectivity index (χ0) is 12.8. The maximum atomic E-state index is 6.18. The third-order valence-electron chi connectivity index (χ3n) is 3.94. The highest BCUT2D eigenvalue weighted by atomic mass is 35.5. The predicted molar refractivity (Wildman–Crippen MR) is 79.4 cm³/mol. The maximum absolute atomic E-state index is 6.18. The lowest BCUT2D eigenvalue weighted by Crippen LogP contribution is -2.37. The first kappa shape index (κ1) is 14.2. The second-order valence-electron chi connectivity index (χ2n) is 5.42. The predicted octanol–water partition coefficient (Wildman–Crippen LogP) is 4.62. The smallest absolute Gasteiger partial charge is 0.0406 e. The van der Waals surface area contributed by atoms with Crippen LogP contribution in [0.2, 0.25) is 5.02 Å². The summed E-state index contributed by atoms with van der Waals surface area (Å²) in [6.07, 6.45) is 6.56. The van der Waals surface area contributed by atoms with Crippen molar-refractivity contribution in [1.29, 1.82) is 0 Å². The molecular weight excluding hydrogens is 265 g/mol. The van der Waals surface area contributed by atoms with Crippen LogP contribution in [0, 0.1) is 5.41 Å². The lowest BCUT2D eigenvalue weighted by atomic mass is 9.75. The van der Waals surface area contributed by atoms with Crippen LogP contribution in [0.5, 0.6) is 0 Å². The molecule has 0 spiro atoms. The summed E-state index contributed by atoms with van der Waals surface area (Å²) >= 11 is 12.1. The van der Waals surface area contributed by atoms with Gasteiger partial charge in [0.1, 0.15) is 0 Å². The van der Waals surface area contributed by atoms with E-state index in [1.807, 2.05) is 12.1 Å². The molecule has 0 unspecified atom stereocenters. The molecular formula is C15H21Cl2N. The van der Waals surface area contributed by atoms with E-state index in [0.717, 1.165) is 24.0 Å². The zero-order valence-corrected chi connectivity index (χ0v) is 12.2. The van der Waals surface area contributed by atoms with E-state index in [1.165, 1.54) is 37.7 Å². The van der Waals surface area contributed by atoms with E-state index >= 15 is 0 Å². The molecule has 2 rings (SSSR count). The Morgan fingerprint density at radius 2 is 1.72 bits per heavy atom. The molecule has 3 heteroatoms.